The lowest BCUT2D eigenvalue weighted by molar-refractivity contribution is -0.127. The van der Waals surface area contributed by atoms with Crippen LogP contribution in [0.15, 0.2) is 24.3 Å². The van der Waals surface area contributed by atoms with Crippen molar-refractivity contribution in [2.75, 3.05) is 6.61 Å². The maximum absolute atomic E-state index is 11.9. The molecule has 0 bridgehead atoms. The molecular formula is C15H23N3O3S. The summed E-state index contributed by atoms with van der Waals surface area (Å²) in [7, 11) is 0. The van der Waals surface area contributed by atoms with Gasteiger partial charge in [0.2, 0.25) is 0 Å². The van der Waals surface area contributed by atoms with Gasteiger partial charge in [-0.15, -0.1) is 0 Å². The molecule has 0 aliphatic heterocycles. The molecule has 0 aliphatic rings. The van der Waals surface area contributed by atoms with Crippen molar-refractivity contribution in [1.29, 1.82) is 0 Å². The number of thiocarbonyl (C=S) groups is 1. The van der Waals surface area contributed by atoms with Crippen molar-refractivity contribution in [2.45, 2.75) is 39.8 Å². The van der Waals surface area contributed by atoms with E-state index in [9.17, 15) is 4.79 Å². The van der Waals surface area contributed by atoms with E-state index in [0.29, 0.717) is 17.5 Å². The zero-order valence-corrected chi connectivity index (χ0v) is 14.1. The van der Waals surface area contributed by atoms with Crippen LogP contribution in [0.25, 0.3) is 0 Å². The van der Waals surface area contributed by atoms with Crippen LogP contribution in [-0.2, 0) is 4.79 Å². The van der Waals surface area contributed by atoms with Crippen LogP contribution in [0.1, 0.15) is 27.7 Å². The lowest BCUT2D eigenvalue weighted by Crippen LogP contribution is -2.51. The Balaban J connectivity index is 2.41. The number of nitrogens with one attached hydrogen (secondary N) is 3. The third-order valence-electron chi connectivity index (χ3n) is 2.54. The Labute approximate surface area is 136 Å². The number of amides is 1. The number of ether oxygens (including phenoxy) is 2. The zero-order valence-electron chi connectivity index (χ0n) is 13.3. The second-order valence-electron chi connectivity index (χ2n) is 4.91. The van der Waals surface area contributed by atoms with E-state index in [0.717, 1.165) is 5.75 Å². The Morgan fingerprint density at radius 3 is 2.27 bits per heavy atom. The first-order chi connectivity index (χ1) is 10.4. The molecular weight excluding hydrogens is 302 g/mol. The van der Waals surface area contributed by atoms with E-state index in [1.165, 1.54) is 0 Å². The molecule has 0 saturated carbocycles. The van der Waals surface area contributed by atoms with Crippen molar-refractivity contribution < 1.29 is 14.3 Å². The van der Waals surface area contributed by atoms with Gasteiger partial charge in [0.05, 0.1) is 6.61 Å². The quantitative estimate of drug-likeness (QED) is 0.547. The average molecular weight is 325 g/mol. The minimum absolute atomic E-state index is 0.189. The van der Waals surface area contributed by atoms with Crippen molar-refractivity contribution in [3.05, 3.63) is 24.3 Å². The Kier molecular flexibility index (Phi) is 7.45. The topological polar surface area (TPSA) is 71.6 Å². The largest absolute Gasteiger partial charge is 0.494 e. The van der Waals surface area contributed by atoms with Gasteiger partial charge in [0.25, 0.3) is 5.91 Å². The van der Waals surface area contributed by atoms with Crippen molar-refractivity contribution in [3.8, 4) is 11.5 Å². The van der Waals surface area contributed by atoms with Crippen LogP contribution >= 0.6 is 12.2 Å². The SMILES string of the molecule is CCOc1ccc(O[C@@H](C)C(=O)NNC(=S)NC(C)C)cc1. The second kappa shape index (κ2) is 9.09. The summed E-state index contributed by atoms with van der Waals surface area (Å²) in [6.45, 7) is 8.09. The minimum atomic E-state index is -0.660. The summed E-state index contributed by atoms with van der Waals surface area (Å²) in [5.74, 6) is 1.04. The van der Waals surface area contributed by atoms with E-state index in [2.05, 4.69) is 16.2 Å². The Bertz CT molecular complexity index is 491. The van der Waals surface area contributed by atoms with Crippen LogP contribution in [0.3, 0.4) is 0 Å². The summed E-state index contributed by atoms with van der Waals surface area (Å²) in [5.41, 5.74) is 5.12. The fraction of sp³-hybridized carbons (Fsp3) is 0.467. The van der Waals surface area contributed by atoms with Gasteiger partial charge in [-0.2, -0.15) is 0 Å². The summed E-state index contributed by atoms with van der Waals surface area (Å²) >= 11 is 5.01. The molecule has 0 fully saturated rings. The Morgan fingerprint density at radius 1 is 1.14 bits per heavy atom. The second-order valence-corrected chi connectivity index (χ2v) is 5.32. The highest BCUT2D eigenvalue weighted by atomic mass is 32.1. The van der Waals surface area contributed by atoms with E-state index < -0.39 is 6.10 Å². The van der Waals surface area contributed by atoms with Crippen LogP contribution in [-0.4, -0.2) is 29.8 Å². The summed E-state index contributed by atoms with van der Waals surface area (Å²) in [4.78, 5) is 11.9. The number of benzene rings is 1. The molecule has 6 nitrogen and oxygen atoms in total. The summed E-state index contributed by atoms with van der Waals surface area (Å²) in [5, 5.41) is 3.31. The maximum Gasteiger partial charge on any atom is 0.279 e. The summed E-state index contributed by atoms with van der Waals surface area (Å²) < 4.78 is 10.9. The zero-order chi connectivity index (χ0) is 16.5. The third-order valence-corrected chi connectivity index (χ3v) is 2.76. The van der Waals surface area contributed by atoms with Crippen LogP contribution in [0.2, 0.25) is 0 Å². The number of hydrogen-bond acceptors (Lipinski definition) is 4. The number of rotatable bonds is 6. The highest BCUT2D eigenvalue weighted by Gasteiger charge is 2.14. The standard InChI is InChI=1S/C15H23N3O3S/c1-5-20-12-6-8-13(9-7-12)21-11(4)14(19)17-18-15(22)16-10(2)3/h6-11H,5H2,1-4H3,(H,17,19)(H2,16,18,22)/t11-/m0/s1. The molecule has 1 aromatic rings. The molecule has 1 amide bonds. The molecule has 1 atom stereocenters. The van der Waals surface area contributed by atoms with Gasteiger partial charge in [-0.3, -0.25) is 15.6 Å². The van der Waals surface area contributed by atoms with Crippen molar-refractivity contribution >= 4 is 23.2 Å². The summed E-state index contributed by atoms with van der Waals surface area (Å²) in [6, 6.07) is 7.29. The smallest absolute Gasteiger partial charge is 0.279 e. The lowest BCUT2D eigenvalue weighted by atomic mass is 10.3. The first kappa shape index (κ1) is 18.0. The molecule has 122 valence electrons. The minimum Gasteiger partial charge on any atom is -0.494 e. The Hall–Kier alpha value is -2.02. The number of carbonyl (C=O) groups is 1. The van der Waals surface area contributed by atoms with Crippen molar-refractivity contribution in [3.63, 3.8) is 0 Å². The molecule has 22 heavy (non-hydrogen) atoms. The number of hydrazine groups is 1. The summed E-state index contributed by atoms with van der Waals surface area (Å²) in [6.07, 6.45) is -0.660. The average Bonchev–Trinajstić information content (AvgIpc) is 2.46. The molecule has 1 rings (SSSR count). The molecule has 0 radical (unpaired) electrons. The van der Waals surface area contributed by atoms with Crippen LogP contribution in [0.4, 0.5) is 0 Å². The highest BCUT2D eigenvalue weighted by Crippen LogP contribution is 2.18. The van der Waals surface area contributed by atoms with E-state index in [-0.39, 0.29) is 11.9 Å². The molecule has 1 aromatic carbocycles. The van der Waals surface area contributed by atoms with Gasteiger partial charge in [-0.1, -0.05) is 0 Å². The van der Waals surface area contributed by atoms with Crippen LogP contribution in [0, 0.1) is 0 Å². The molecule has 0 spiro atoms. The molecule has 0 saturated heterocycles. The molecule has 0 aliphatic carbocycles. The predicted molar refractivity (Wildman–Crippen MR) is 89.8 cm³/mol. The van der Waals surface area contributed by atoms with Gasteiger partial charge in [0, 0.05) is 6.04 Å². The first-order valence-electron chi connectivity index (χ1n) is 7.18. The van der Waals surface area contributed by atoms with Gasteiger partial charge in [-0.25, -0.2) is 0 Å². The molecule has 0 unspecified atom stereocenters. The fourth-order valence-electron chi connectivity index (χ4n) is 1.56. The van der Waals surface area contributed by atoms with Gasteiger partial charge in [0.15, 0.2) is 11.2 Å². The highest BCUT2D eigenvalue weighted by molar-refractivity contribution is 7.80. The van der Waals surface area contributed by atoms with Gasteiger partial charge in [0.1, 0.15) is 11.5 Å². The van der Waals surface area contributed by atoms with E-state index in [4.69, 9.17) is 21.7 Å². The maximum atomic E-state index is 11.9. The van der Waals surface area contributed by atoms with Crippen molar-refractivity contribution in [2.24, 2.45) is 0 Å². The fourth-order valence-corrected chi connectivity index (χ4v) is 1.84. The van der Waals surface area contributed by atoms with Crippen molar-refractivity contribution in [1.82, 2.24) is 16.2 Å². The van der Waals surface area contributed by atoms with Gasteiger partial charge in [-0.05, 0) is 64.2 Å². The van der Waals surface area contributed by atoms with E-state index in [1.807, 2.05) is 20.8 Å². The van der Waals surface area contributed by atoms with E-state index in [1.54, 1.807) is 31.2 Å². The molecule has 3 N–H and O–H groups in total. The number of hydrogen-bond donors (Lipinski definition) is 3. The normalized spacial score (nSPS) is 11.5. The van der Waals surface area contributed by atoms with Crippen LogP contribution < -0.4 is 25.6 Å². The molecule has 0 heterocycles. The third kappa shape index (κ3) is 6.62. The first-order valence-corrected chi connectivity index (χ1v) is 7.59. The predicted octanol–water partition coefficient (Wildman–Crippen LogP) is 1.76. The van der Waals surface area contributed by atoms with Gasteiger partial charge < -0.3 is 14.8 Å². The van der Waals surface area contributed by atoms with E-state index >= 15 is 0 Å². The monoisotopic (exact) mass is 325 g/mol. The Morgan fingerprint density at radius 2 is 1.73 bits per heavy atom. The number of carbonyl (C=O) groups excluding carboxylic acids is 1. The molecule has 0 aromatic heterocycles. The molecule has 7 heteroatoms. The van der Waals surface area contributed by atoms with Gasteiger partial charge >= 0.3 is 0 Å². The van der Waals surface area contributed by atoms with Crippen LogP contribution in [0.5, 0.6) is 11.5 Å². The lowest BCUT2D eigenvalue weighted by Gasteiger charge is -2.17.